The van der Waals surface area contributed by atoms with E-state index in [1.165, 1.54) is 0 Å². The van der Waals surface area contributed by atoms with Gasteiger partial charge in [0.15, 0.2) is 0 Å². The van der Waals surface area contributed by atoms with Crippen LogP contribution in [0.25, 0.3) is 0 Å². The normalized spacial score (nSPS) is 33.4. The predicted octanol–water partition coefficient (Wildman–Crippen LogP) is 1.54. The molecule has 0 aromatic heterocycles. The van der Waals surface area contributed by atoms with E-state index in [0.717, 1.165) is 19.4 Å². The SMILES string of the molecule is CCC(CCN)CNC(=O)C1C(C)OC(C)C1C. The van der Waals surface area contributed by atoms with Crippen molar-refractivity contribution >= 4 is 5.91 Å². The van der Waals surface area contributed by atoms with Crippen LogP contribution in [0.5, 0.6) is 0 Å². The monoisotopic (exact) mass is 256 g/mol. The van der Waals surface area contributed by atoms with E-state index >= 15 is 0 Å². The van der Waals surface area contributed by atoms with Gasteiger partial charge in [0.05, 0.1) is 18.1 Å². The van der Waals surface area contributed by atoms with Crippen LogP contribution >= 0.6 is 0 Å². The number of amides is 1. The van der Waals surface area contributed by atoms with Crippen LogP contribution in [0.1, 0.15) is 40.5 Å². The summed E-state index contributed by atoms with van der Waals surface area (Å²) in [6.45, 7) is 9.68. The first-order chi connectivity index (χ1) is 8.51. The molecule has 5 atom stereocenters. The van der Waals surface area contributed by atoms with Gasteiger partial charge in [0.25, 0.3) is 0 Å². The van der Waals surface area contributed by atoms with Gasteiger partial charge in [-0.1, -0.05) is 20.3 Å². The van der Waals surface area contributed by atoms with E-state index in [0.29, 0.717) is 12.5 Å². The number of carbonyl (C=O) groups is 1. The fraction of sp³-hybridized carbons (Fsp3) is 0.929. The second-order valence-corrected chi connectivity index (χ2v) is 5.53. The van der Waals surface area contributed by atoms with Gasteiger partial charge in [-0.25, -0.2) is 0 Å². The lowest BCUT2D eigenvalue weighted by molar-refractivity contribution is -0.127. The summed E-state index contributed by atoms with van der Waals surface area (Å²) in [6, 6.07) is 0. The van der Waals surface area contributed by atoms with Crippen LogP contribution in [0.2, 0.25) is 0 Å². The van der Waals surface area contributed by atoms with Gasteiger partial charge in [-0.05, 0) is 38.6 Å². The Morgan fingerprint density at radius 3 is 2.44 bits per heavy atom. The third kappa shape index (κ3) is 3.69. The third-order valence-electron chi connectivity index (χ3n) is 4.26. The zero-order valence-electron chi connectivity index (χ0n) is 12.1. The molecule has 0 aromatic carbocycles. The van der Waals surface area contributed by atoms with E-state index in [-0.39, 0.29) is 30.0 Å². The summed E-state index contributed by atoms with van der Waals surface area (Å²) in [7, 11) is 0. The van der Waals surface area contributed by atoms with Crippen molar-refractivity contribution in [3.8, 4) is 0 Å². The Morgan fingerprint density at radius 2 is 2.00 bits per heavy atom. The van der Waals surface area contributed by atoms with Gasteiger partial charge in [-0.15, -0.1) is 0 Å². The van der Waals surface area contributed by atoms with Crippen molar-refractivity contribution in [2.75, 3.05) is 13.1 Å². The number of nitrogens with one attached hydrogen (secondary N) is 1. The van der Waals surface area contributed by atoms with Crippen molar-refractivity contribution in [3.05, 3.63) is 0 Å². The molecule has 1 saturated heterocycles. The molecule has 4 heteroatoms. The Kier molecular flexibility index (Phi) is 6.09. The van der Waals surface area contributed by atoms with Crippen molar-refractivity contribution in [1.82, 2.24) is 5.32 Å². The third-order valence-corrected chi connectivity index (χ3v) is 4.26. The van der Waals surface area contributed by atoms with Gasteiger partial charge in [0.1, 0.15) is 0 Å². The molecular formula is C14H28N2O2. The molecule has 0 spiro atoms. The molecule has 3 N–H and O–H groups in total. The zero-order valence-corrected chi connectivity index (χ0v) is 12.1. The van der Waals surface area contributed by atoms with E-state index in [1.54, 1.807) is 0 Å². The molecule has 0 saturated carbocycles. The van der Waals surface area contributed by atoms with Crippen molar-refractivity contribution < 1.29 is 9.53 Å². The van der Waals surface area contributed by atoms with Crippen LogP contribution in [0.3, 0.4) is 0 Å². The summed E-state index contributed by atoms with van der Waals surface area (Å²) >= 11 is 0. The molecule has 1 heterocycles. The minimum Gasteiger partial charge on any atom is -0.374 e. The van der Waals surface area contributed by atoms with Crippen LogP contribution in [0.4, 0.5) is 0 Å². The highest BCUT2D eigenvalue weighted by molar-refractivity contribution is 5.79. The highest BCUT2D eigenvalue weighted by Crippen LogP contribution is 2.32. The first kappa shape index (κ1) is 15.4. The highest BCUT2D eigenvalue weighted by Gasteiger charge is 2.41. The Labute approximate surface area is 111 Å². The lowest BCUT2D eigenvalue weighted by atomic mass is 9.88. The Balaban J connectivity index is 2.45. The van der Waals surface area contributed by atoms with Gasteiger partial charge in [0.2, 0.25) is 5.91 Å². The fourth-order valence-corrected chi connectivity index (χ4v) is 2.77. The standard InChI is InChI=1S/C14H28N2O2/c1-5-12(6-7-15)8-16-14(17)13-9(2)10(3)18-11(13)4/h9-13H,5-8,15H2,1-4H3,(H,16,17). The second kappa shape index (κ2) is 7.10. The molecule has 1 fully saturated rings. The van der Waals surface area contributed by atoms with Crippen molar-refractivity contribution in [1.29, 1.82) is 0 Å². The molecule has 1 aliphatic heterocycles. The van der Waals surface area contributed by atoms with Crippen LogP contribution in [0.15, 0.2) is 0 Å². The summed E-state index contributed by atoms with van der Waals surface area (Å²) in [6.07, 6.45) is 2.21. The summed E-state index contributed by atoms with van der Waals surface area (Å²) in [5, 5.41) is 3.07. The molecule has 1 aliphatic rings. The molecule has 1 amide bonds. The fourth-order valence-electron chi connectivity index (χ4n) is 2.77. The van der Waals surface area contributed by atoms with Crippen LogP contribution in [0, 0.1) is 17.8 Å². The second-order valence-electron chi connectivity index (χ2n) is 5.53. The Morgan fingerprint density at radius 1 is 1.33 bits per heavy atom. The largest absolute Gasteiger partial charge is 0.374 e. The quantitative estimate of drug-likeness (QED) is 0.757. The minimum absolute atomic E-state index is 0.0181. The van der Waals surface area contributed by atoms with Crippen LogP contribution in [-0.4, -0.2) is 31.2 Å². The predicted molar refractivity (Wildman–Crippen MR) is 73.1 cm³/mol. The van der Waals surface area contributed by atoms with E-state index in [4.69, 9.17) is 10.5 Å². The molecule has 0 aliphatic carbocycles. The van der Waals surface area contributed by atoms with Crippen LogP contribution < -0.4 is 11.1 Å². The van der Waals surface area contributed by atoms with E-state index < -0.39 is 0 Å². The van der Waals surface area contributed by atoms with Gasteiger partial charge in [0, 0.05) is 6.54 Å². The molecule has 0 bridgehead atoms. The van der Waals surface area contributed by atoms with Gasteiger partial charge in [-0.3, -0.25) is 4.79 Å². The van der Waals surface area contributed by atoms with E-state index in [2.05, 4.69) is 19.2 Å². The maximum atomic E-state index is 12.2. The minimum atomic E-state index is -0.0182. The van der Waals surface area contributed by atoms with Gasteiger partial charge in [-0.2, -0.15) is 0 Å². The van der Waals surface area contributed by atoms with Crippen molar-refractivity contribution in [2.45, 2.75) is 52.7 Å². The average Bonchev–Trinajstić information content (AvgIpc) is 2.58. The number of nitrogens with two attached hydrogens (primary N) is 1. The van der Waals surface area contributed by atoms with Gasteiger partial charge >= 0.3 is 0 Å². The van der Waals surface area contributed by atoms with Crippen LogP contribution in [-0.2, 0) is 9.53 Å². The maximum absolute atomic E-state index is 12.2. The van der Waals surface area contributed by atoms with Gasteiger partial charge < -0.3 is 15.8 Å². The zero-order chi connectivity index (χ0) is 13.7. The van der Waals surface area contributed by atoms with E-state index in [1.807, 2.05) is 13.8 Å². The summed E-state index contributed by atoms with van der Waals surface area (Å²) in [5.41, 5.74) is 5.56. The Hall–Kier alpha value is -0.610. The number of rotatable bonds is 6. The number of hydrogen-bond acceptors (Lipinski definition) is 3. The molecule has 1 rings (SSSR count). The molecule has 18 heavy (non-hydrogen) atoms. The van der Waals surface area contributed by atoms with Crippen molar-refractivity contribution in [2.24, 2.45) is 23.5 Å². The molecular weight excluding hydrogens is 228 g/mol. The molecule has 106 valence electrons. The molecule has 0 radical (unpaired) electrons. The molecule has 0 aromatic rings. The lowest BCUT2D eigenvalue weighted by Crippen LogP contribution is -2.39. The molecule has 5 unspecified atom stereocenters. The molecule has 4 nitrogen and oxygen atoms in total. The first-order valence-corrected chi connectivity index (χ1v) is 7.14. The smallest absolute Gasteiger partial charge is 0.226 e. The highest BCUT2D eigenvalue weighted by atomic mass is 16.5. The summed E-state index contributed by atoms with van der Waals surface area (Å²) in [5.74, 6) is 0.893. The number of carbonyl (C=O) groups excluding carboxylic acids is 1. The summed E-state index contributed by atoms with van der Waals surface area (Å²) in [4.78, 5) is 12.2. The first-order valence-electron chi connectivity index (χ1n) is 7.14. The maximum Gasteiger partial charge on any atom is 0.226 e. The van der Waals surface area contributed by atoms with Crippen molar-refractivity contribution in [3.63, 3.8) is 0 Å². The summed E-state index contributed by atoms with van der Waals surface area (Å²) < 4.78 is 5.71. The number of hydrogen-bond donors (Lipinski definition) is 2. The number of ether oxygens (including phenoxy) is 1. The topological polar surface area (TPSA) is 64.3 Å². The Bertz CT molecular complexity index is 271. The lowest BCUT2D eigenvalue weighted by Gasteiger charge is -2.20. The van der Waals surface area contributed by atoms with E-state index in [9.17, 15) is 4.79 Å². The average molecular weight is 256 g/mol.